The minimum absolute atomic E-state index is 0.351. The third-order valence-corrected chi connectivity index (χ3v) is 6.46. The number of aryl methyl sites for hydroxylation is 1. The molecule has 0 bridgehead atoms. The second-order valence-corrected chi connectivity index (χ2v) is 9.67. The van der Waals surface area contributed by atoms with Crippen molar-refractivity contribution in [3.05, 3.63) is 66.5 Å². The summed E-state index contributed by atoms with van der Waals surface area (Å²) in [6.07, 6.45) is 15.7. The van der Waals surface area contributed by atoms with Crippen molar-refractivity contribution in [1.29, 1.82) is 0 Å². The van der Waals surface area contributed by atoms with Crippen molar-refractivity contribution in [2.75, 3.05) is 6.61 Å². The number of unbranched alkanes of at least 4 members (excludes halogenated alkanes) is 7. The van der Waals surface area contributed by atoms with Gasteiger partial charge in [0.25, 0.3) is 0 Å². The number of ether oxygens (including phenoxy) is 2. The molecule has 5 nitrogen and oxygen atoms in total. The monoisotopic (exact) mass is 502 g/mol. The second-order valence-electron chi connectivity index (χ2n) is 9.67. The van der Waals surface area contributed by atoms with Gasteiger partial charge in [-0.05, 0) is 49.4 Å². The van der Waals surface area contributed by atoms with Gasteiger partial charge in [-0.25, -0.2) is 14.8 Å². The average molecular weight is 503 g/mol. The quantitative estimate of drug-likeness (QED) is 0.146. The highest BCUT2D eigenvalue weighted by molar-refractivity contribution is 5.74. The van der Waals surface area contributed by atoms with E-state index in [4.69, 9.17) is 9.47 Å². The van der Waals surface area contributed by atoms with E-state index in [1.54, 1.807) is 6.92 Å². The van der Waals surface area contributed by atoms with Gasteiger partial charge in [0, 0.05) is 23.5 Å². The normalized spacial score (nSPS) is 11.8. The van der Waals surface area contributed by atoms with Crippen LogP contribution in [0.25, 0.3) is 22.5 Å². The number of rotatable bonds is 16. The Morgan fingerprint density at radius 2 is 1.32 bits per heavy atom. The second kappa shape index (κ2) is 15.8. The van der Waals surface area contributed by atoms with Crippen molar-refractivity contribution in [2.24, 2.45) is 0 Å². The van der Waals surface area contributed by atoms with E-state index in [-0.39, 0.29) is 5.97 Å². The number of nitrogens with zero attached hydrogens (tertiary/aromatic N) is 2. The molecule has 0 aliphatic heterocycles. The van der Waals surface area contributed by atoms with Crippen LogP contribution in [0.15, 0.2) is 60.9 Å². The summed E-state index contributed by atoms with van der Waals surface area (Å²) in [4.78, 5) is 21.1. The van der Waals surface area contributed by atoms with Crippen molar-refractivity contribution >= 4 is 5.97 Å². The Bertz CT molecular complexity index is 1050. The highest BCUT2D eigenvalue weighted by Gasteiger charge is 2.16. The topological polar surface area (TPSA) is 61.3 Å². The Labute approximate surface area is 222 Å². The lowest BCUT2D eigenvalue weighted by Crippen LogP contribution is -2.26. The molecule has 1 aromatic heterocycles. The van der Waals surface area contributed by atoms with Crippen molar-refractivity contribution < 1.29 is 14.3 Å². The van der Waals surface area contributed by atoms with Crippen molar-refractivity contribution in [3.8, 4) is 28.3 Å². The molecule has 5 heteroatoms. The van der Waals surface area contributed by atoms with Gasteiger partial charge in [0.2, 0.25) is 0 Å². The van der Waals surface area contributed by atoms with Crippen LogP contribution in [0, 0.1) is 0 Å². The van der Waals surface area contributed by atoms with Crippen molar-refractivity contribution in [2.45, 2.75) is 91.1 Å². The zero-order valence-corrected chi connectivity index (χ0v) is 22.7. The zero-order valence-electron chi connectivity index (χ0n) is 22.7. The van der Waals surface area contributed by atoms with Crippen LogP contribution in [0.5, 0.6) is 5.75 Å². The van der Waals surface area contributed by atoms with Gasteiger partial charge < -0.3 is 9.47 Å². The highest BCUT2D eigenvalue weighted by atomic mass is 16.6. The number of benzene rings is 2. The minimum Gasteiger partial charge on any atom is -0.479 e. The molecule has 1 heterocycles. The average Bonchev–Trinajstić information content (AvgIpc) is 2.94. The number of carbonyl (C=O) groups excluding carboxylic acids is 1. The number of esters is 1. The molecule has 0 saturated heterocycles. The molecule has 2 aromatic carbocycles. The summed E-state index contributed by atoms with van der Waals surface area (Å²) >= 11 is 0. The highest BCUT2D eigenvalue weighted by Crippen LogP contribution is 2.24. The molecular formula is C32H42N2O3. The maximum Gasteiger partial charge on any atom is 0.347 e. The number of hydrogen-bond acceptors (Lipinski definition) is 5. The van der Waals surface area contributed by atoms with Gasteiger partial charge in [-0.3, -0.25) is 0 Å². The first-order valence-corrected chi connectivity index (χ1v) is 14.0. The van der Waals surface area contributed by atoms with Gasteiger partial charge in [-0.15, -0.1) is 0 Å². The lowest BCUT2D eigenvalue weighted by molar-refractivity contribution is -0.151. The molecule has 37 heavy (non-hydrogen) atoms. The first-order valence-electron chi connectivity index (χ1n) is 14.0. The molecule has 0 spiro atoms. The Balaban J connectivity index is 1.47. The molecule has 3 aromatic rings. The van der Waals surface area contributed by atoms with Crippen LogP contribution >= 0.6 is 0 Å². The van der Waals surface area contributed by atoms with Gasteiger partial charge in [-0.2, -0.15) is 0 Å². The van der Waals surface area contributed by atoms with Gasteiger partial charge in [0.05, 0.1) is 6.61 Å². The lowest BCUT2D eigenvalue weighted by Gasteiger charge is -2.14. The molecule has 0 saturated carbocycles. The van der Waals surface area contributed by atoms with E-state index < -0.39 is 6.10 Å². The summed E-state index contributed by atoms with van der Waals surface area (Å²) in [5, 5.41) is 0. The van der Waals surface area contributed by atoms with E-state index in [9.17, 15) is 4.79 Å². The van der Waals surface area contributed by atoms with Gasteiger partial charge >= 0.3 is 5.97 Å². The van der Waals surface area contributed by atoms with Gasteiger partial charge in [0.15, 0.2) is 11.9 Å². The molecule has 1 unspecified atom stereocenters. The van der Waals surface area contributed by atoms with Crippen LogP contribution in [0.4, 0.5) is 0 Å². The fourth-order valence-electron chi connectivity index (χ4n) is 4.21. The van der Waals surface area contributed by atoms with Crippen LogP contribution in [0.3, 0.4) is 0 Å². The molecule has 1 atom stereocenters. The Hall–Kier alpha value is -3.21. The van der Waals surface area contributed by atoms with Crippen molar-refractivity contribution in [1.82, 2.24) is 9.97 Å². The van der Waals surface area contributed by atoms with Crippen LogP contribution < -0.4 is 4.74 Å². The molecular weight excluding hydrogens is 460 g/mol. The SMILES string of the molecule is CCCCCCCCCCc1ccc(-c2ncc(-c3ccc(OC(C)C(=O)OCCC)cc3)cn2)cc1. The summed E-state index contributed by atoms with van der Waals surface area (Å²) < 4.78 is 10.8. The third-order valence-electron chi connectivity index (χ3n) is 6.46. The zero-order chi connectivity index (χ0) is 26.3. The number of hydrogen-bond donors (Lipinski definition) is 0. The molecule has 0 aliphatic rings. The van der Waals surface area contributed by atoms with E-state index in [0.717, 1.165) is 35.4 Å². The smallest absolute Gasteiger partial charge is 0.347 e. The predicted molar refractivity (Wildman–Crippen MR) is 151 cm³/mol. The third kappa shape index (κ3) is 9.64. The summed E-state index contributed by atoms with van der Waals surface area (Å²) in [7, 11) is 0. The van der Waals surface area contributed by atoms with Crippen LogP contribution in [0.2, 0.25) is 0 Å². The first kappa shape index (κ1) is 28.4. The minimum atomic E-state index is -0.647. The summed E-state index contributed by atoms with van der Waals surface area (Å²) in [6.45, 7) is 6.33. The fraction of sp³-hybridized carbons (Fsp3) is 0.469. The van der Waals surface area contributed by atoms with Crippen molar-refractivity contribution in [3.63, 3.8) is 0 Å². The van der Waals surface area contributed by atoms with Crippen LogP contribution in [0.1, 0.15) is 84.1 Å². The maximum absolute atomic E-state index is 11.9. The largest absolute Gasteiger partial charge is 0.479 e. The molecule has 198 valence electrons. The molecule has 0 N–H and O–H groups in total. The Morgan fingerprint density at radius 1 is 0.730 bits per heavy atom. The van der Waals surface area contributed by atoms with Crippen LogP contribution in [-0.4, -0.2) is 28.6 Å². The molecule has 0 radical (unpaired) electrons. The standard InChI is InChI=1S/C32H42N2O3/c1-4-6-7-8-9-10-11-12-13-26-14-16-28(17-15-26)31-33-23-29(24-34-31)27-18-20-30(21-19-27)37-25(3)32(35)36-22-5-2/h14-21,23-25H,4-13,22H2,1-3H3. The Kier molecular flexibility index (Phi) is 12.1. The van der Waals surface area contributed by atoms with E-state index in [1.165, 1.54) is 56.9 Å². The summed E-state index contributed by atoms with van der Waals surface area (Å²) in [5.74, 6) is 0.993. The van der Waals surface area contributed by atoms with Crippen LogP contribution in [-0.2, 0) is 16.0 Å². The fourth-order valence-corrected chi connectivity index (χ4v) is 4.21. The molecule has 0 fully saturated rings. The molecule has 3 rings (SSSR count). The van der Waals surface area contributed by atoms with Gasteiger partial charge in [-0.1, -0.05) is 95.2 Å². The van der Waals surface area contributed by atoms with E-state index in [2.05, 4.69) is 41.2 Å². The van der Waals surface area contributed by atoms with E-state index >= 15 is 0 Å². The Morgan fingerprint density at radius 3 is 1.95 bits per heavy atom. The lowest BCUT2D eigenvalue weighted by atomic mass is 10.0. The molecule has 0 aliphatic carbocycles. The van der Waals surface area contributed by atoms with Gasteiger partial charge in [0.1, 0.15) is 5.75 Å². The summed E-state index contributed by atoms with van der Waals surface area (Å²) in [5.41, 5.74) is 4.32. The maximum atomic E-state index is 11.9. The first-order chi connectivity index (χ1) is 18.1. The number of aromatic nitrogens is 2. The molecule has 0 amide bonds. The summed E-state index contributed by atoms with van der Waals surface area (Å²) in [6, 6.07) is 16.2. The predicted octanol–water partition coefficient (Wildman–Crippen LogP) is 8.21. The number of carbonyl (C=O) groups is 1. The van der Waals surface area contributed by atoms with E-state index in [1.807, 2.05) is 43.6 Å². The van der Waals surface area contributed by atoms with E-state index in [0.29, 0.717) is 12.4 Å².